The van der Waals surface area contributed by atoms with Crippen molar-refractivity contribution in [2.45, 2.75) is 38.6 Å². The fourth-order valence-electron chi connectivity index (χ4n) is 2.85. The average Bonchev–Trinajstić information content (AvgIpc) is 2.67. The fourth-order valence-corrected chi connectivity index (χ4v) is 3.32. The molecule has 0 spiro atoms. The summed E-state index contributed by atoms with van der Waals surface area (Å²) in [6, 6.07) is 4.94. The first kappa shape index (κ1) is 26.3. The maximum Gasteiger partial charge on any atom is 0.525 e. The number of rotatable bonds is 7. The SMILES string of the molecule is CCOC(=O)C1=C(C)OC(N)=C(C#N)C1c1ccc(OC(F)(F)C(F)OC(F)(F)F)c(Br)c1. The molecule has 2 rings (SSSR count). The summed E-state index contributed by atoms with van der Waals surface area (Å²) in [5.41, 5.74) is 5.63. The Morgan fingerprint density at radius 3 is 2.48 bits per heavy atom. The van der Waals surface area contributed by atoms with Crippen molar-refractivity contribution in [1.82, 2.24) is 0 Å². The molecule has 0 aliphatic carbocycles. The summed E-state index contributed by atoms with van der Waals surface area (Å²) in [5, 5.41) is 9.51. The molecule has 1 aliphatic rings. The second-order valence-corrected chi connectivity index (χ2v) is 7.20. The Kier molecular flexibility index (Phi) is 7.91. The van der Waals surface area contributed by atoms with Crippen LogP contribution in [0, 0.1) is 11.3 Å². The van der Waals surface area contributed by atoms with Crippen LogP contribution in [0.3, 0.4) is 0 Å². The molecule has 0 saturated heterocycles. The average molecular weight is 545 g/mol. The highest BCUT2D eigenvalue weighted by molar-refractivity contribution is 9.10. The van der Waals surface area contributed by atoms with E-state index in [1.54, 1.807) is 6.92 Å². The number of halogens is 7. The summed E-state index contributed by atoms with van der Waals surface area (Å²) >= 11 is 2.90. The van der Waals surface area contributed by atoms with Crippen molar-refractivity contribution in [3.8, 4) is 11.8 Å². The van der Waals surface area contributed by atoms with Gasteiger partial charge >= 0.3 is 24.8 Å². The van der Waals surface area contributed by atoms with Gasteiger partial charge in [-0.2, -0.15) is 14.0 Å². The summed E-state index contributed by atoms with van der Waals surface area (Å²) in [4.78, 5) is 12.5. The molecule has 7 nitrogen and oxygen atoms in total. The third-order valence-electron chi connectivity index (χ3n) is 4.14. The zero-order valence-corrected chi connectivity index (χ0v) is 18.4. The Balaban J connectivity index is 2.44. The molecule has 1 heterocycles. The zero-order valence-electron chi connectivity index (χ0n) is 16.8. The van der Waals surface area contributed by atoms with Gasteiger partial charge in [0.1, 0.15) is 23.2 Å². The van der Waals surface area contributed by atoms with Gasteiger partial charge in [0, 0.05) is 0 Å². The van der Waals surface area contributed by atoms with Crippen molar-refractivity contribution >= 4 is 21.9 Å². The minimum absolute atomic E-state index is 0.000629. The van der Waals surface area contributed by atoms with Crippen LogP contribution < -0.4 is 10.5 Å². The van der Waals surface area contributed by atoms with Gasteiger partial charge in [-0.15, -0.1) is 13.2 Å². The van der Waals surface area contributed by atoms with Crippen molar-refractivity contribution < 1.29 is 50.1 Å². The van der Waals surface area contributed by atoms with Gasteiger partial charge in [0.15, 0.2) is 0 Å². The van der Waals surface area contributed by atoms with Crippen LogP contribution in [0.5, 0.6) is 5.75 Å². The van der Waals surface area contributed by atoms with Crippen molar-refractivity contribution in [2.24, 2.45) is 5.73 Å². The van der Waals surface area contributed by atoms with Gasteiger partial charge in [0.05, 0.1) is 22.6 Å². The van der Waals surface area contributed by atoms with Gasteiger partial charge in [-0.05, 0) is 47.5 Å². The Hall–Kier alpha value is -2.92. The monoisotopic (exact) mass is 544 g/mol. The lowest BCUT2D eigenvalue weighted by atomic mass is 9.83. The van der Waals surface area contributed by atoms with Crippen LogP contribution in [0.4, 0.5) is 26.3 Å². The number of carbonyl (C=O) groups excluding carboxylic acids is 1. The molecule has 1 aromatic rings. The number of nitrogens with two attached hydrogens (primary N) is 1. The van der Waals surface area contributed by atoms with Crippen LogP contribution in [0.25, 0.3) is 0 Å². The van der Waals surface area contributed by atoms with Crippen LogP contribution in [0.1, 0.15) is 25.3 Å². The minimum Gasteiger partial charge on any atom is -0.463 e. The van der Waals surface area contributed by atoms with E-state index in [-0.39, 0.29) is 39.4 Å². The lowest BCUT2D eigenvalue weighted by Gasteiger charge is -2.27. The highest BCUT2D eigenvalue weighted by Crippen LogP contribution is 2.42. The van der Waals surface area contributed by atoms with E-state index in [2.05, 4.69) is 25.4 Å². The smallest absolute Gasteiger partial charge is 0.463 e. The third-order valence-corrected chi connectivity index (χ3v) is 4.76. The maximum absolute atomic E-state index is 13.7. The highest BCUT2D eigenvalue weighted by atomic mass is 79.9. The maximum atomic E-state index is 13.7. The van der Waals surface area contributed by atoms with Gasteiger partial charge in [-0.3, -0.25) is 0 Å². The predicted octanol–water partition coefficient (Wildman–Crippen LogP) is 4.90. The number of esters is 1. The molecule has 2 atom stereocenters. The lowest BCUT2D eigenvalue weighted by Crippen LogP contribution is -2.41. The lowest BCUT2D eigenvalue weighted by molar-refractivity contribution is -0.411. The molecular formula is C19H15BrF6N2O5. The topological polar surface area (TPSA) is 104 Å². The highest BCUT2D eigenvalue weighted by Gasteiger charge is 2.51. The number of nitriles is 1. The molecule has 180 valence electrons. The largest absolute Gasteiger partial charge is 0.525 e. The van der Waals surface area contributed by atoms with Crippen molar-refractivity contribution in [1.29, 1.82) is 5.26 Å². The molecule has 14 heteroatoms. The number of carbonyl (C=O) groups is 1. The molecule has 2 unspecified atom stereocenters. The van der Waals surface area contributed by atoms with E-state index in [0.717, 1.165) is 18.2 Å². The molecule has 33 heavy (non-hydrogen) atoms. The first-order valence-electron chi connectivity index (χ1n) is 8.92. The van der Waals surface area contributed by atoms with Gasteiger partial charge in [0.25, 0.3) is 0 Å². The normalized spacial score (nSPS) is 17.9. The second-order valence-electron chi connectivity index (χ2n) is 6.35. The number of alkyl halides is 6. The van der Waals surface area contributed by atoms with E-state index in [4.69, 9.17) is 15.2 Å². The summed E-state index contributed by atoms with van der Waals surface area (Å²) in [7, 11) is 0. The van der Waals surface area contributed by atoms with Crippen LogP contribution in [0.2, 0.25) is 0 Å². The number of nitrogens with zero attached hydrogens (tertiary/aromatic N) is 1. The van der Waals surface area contributed by atoms with E-state index < -0.39 is 36.5 Å². The standard InChI is InChI=1S/C19H15BrF6N2O5/c1-3-30-16(29)13-8(2)31-15(28)10(7-27)14(13)9-4-5-12(11(20)6-9)32-18(22,23)17(21)33-19(24,25)26/h4-6,14,17H,3,28H2,1-2H3. The molecule has 0 bridgehead atoms. The molecule has 1 aromatic carbocycles. The summed E-state index contributed by atoms with van der Waals surface area (Å²) in [5.74, 6) is -2.98. The van der Waals surface area contributed by atoms with Crippen LogP contribution in [-0.4, -0.2) is 31.4 Å². The van der Waals surface area contributed by atoms with Gasteiger partial charge in [-0.1, -0.05) is 6.07 Å². The first-order chi connectivity index (χ1) is 15.2. The molecular weight excluding hydrogens is 530 g/mol. The first-order valence-corrected chi connectivity index (χ1v) is 9.71. The third kappa shape index (κ3) is 6.11. The van der Waals surface area contributed by atoms with Crippen molar-refractivity contribution in [3.05, 3.63) is 51.0 Å². The summed E-state index contributed by atoms with van der Waals surface area (Å²) < 4.78 is 93.6. The van der Waals surface area contributed by atoms with Gasteiger partial charge < -0.3 is 19.9 Å². The Morgan fingerprint density at radius 1 is 1.33 bits per heavy atom. The molecule has 0 amide bonds. The van der Waals surface area contributed by atoms with Crippen LogP contribution >= 0.6 is 15.9 Å². The number of hydrogen-bond acceptors (Lipinski definition) is 7. The number of hydrogen-bond donors (Lipinski definition) is 1. The van der Waals surface area contributed by atoms with Crippen LogP contribution in [-0.2, 0) is 19.0 Å². The summed E-state index contributed by atoms with van der Waals surface area (Å²) in [6.07, 6.45) is -14.8. The van der Waals surface area contributed by atoms with E-state index in [9.17, 15) is 36.4 Å². The van der Waals surface area contributed by atoms with E-state index in [1.807, 2.05) is 6.07 Å². The Bertz CT molecular complexity index is 1030. The fraction of sp³-hybridized carbons (Fsp3) is 0.368. The molecule has 0 saturated carbocycles. The number of allylic oxidation sites excluding steroid dienone is 2. The second kappa shape index (κ2) is 9.92. The van der Waals surface area contributed by atoms with E-state index in [1.165, 1.54) is 6.92 Å². The van der Waals surface area contributed by atoms with E-state index in [0.29, 0.717) is 0 Å². The number of benzene rings is 1. The molecule has 2 N–H and O–H groups in total. The summed E-state index contributed by atoms with van der Waals surface area (Å²) in [6.45, 7) is 2.94. The van der Waals surface area contributed by atoms with Crippen molar-refractivity contribution in [2.75, 3.05) is 6.61 Å². The zero-order chi connectivity index (χ0) is 25.1. The van der Waals surface area contributed by atoms with Gasteiger partial charge in [-0.25, -0.2) is 13.9 Å². The molecule has 0 aromatic heterocycles. The Labute approximate surface area is 191 Å². The quantitative estimate of drug-likeness (QED) is 0.384. The Morgan fingerprint density at radius 2 is 1.97 bits per heavy atom. The van der Waals surface area contributed by atoms with E-state index >= 15 is 0 Å². The minimum atomic E-state index is -5.66. The van der Waals surface area contributed by atoms with Gasteiger partial charge in [0.2, 0.25) is 5.88 Å². The van der Waals surface area contributed by atoms with Crippen LogP contribution in [0.15, 0.2) is 45.5 Å². The van der Waals surface area contributed by atoms with Crippen molar-refractivity contribution in [3.63, 3.8) is 0 Å². The molecule has 0 radical (unpaired) electrons. The molecule has 0 fully saturated rings. The predicted molar refractivity (Wildman–Crippen MR) is 102 cm³/mol. The number of ether oxygens (including phenoxy) is 4. The molecule has 1 aliphatic heterocycles.